The molecule has 296 valence electrons. The van der Waals surface area contributed by atoms with Gasteiger partial charge in [0, 0.05) is 45.5 Å². The molecule has 2 heterocycles. The van der Waals surface area contributed by atoms with Crippen molar-refractivity contribution in [3.63, 3.8) is 0 Å². The van der Waals surface area contributed by atoms with Crippen molar-refractivity contribution in [2.75, 3.05) is 0 Å². The zero-order valence-electron chi connectivity index (χ0n) is 34.2. The van der Waals surface area contributed by atoms with E-state index in [1.165, 1.54) is 39.0 Å². The summed E-state index contributed by atoms with van der Waals surface area (Å²) >= 11 is 0. The first-order chi connectivity index (χ1) is 30.6. The highest BCUT2D eigenvalue weighted by Gasteiger charge is 2.65. The van der Waals surface area contributed by atoms with E-state index < -0.39 is 0 Å². The Morgan fingerprint density at radius 1 is 0.484 bits per heavy atom. The van der Waals surface area contributed by atoms with Gasteiger partial charge in [-0.25, -0.2) is 0 Å². The van der Waals surface area contributed by atoms with Crippen LogP contribution in [0.2, 0.25) is 0 Å². The van der Waals surface area contributed by atoms with E-state index in [9.17, 15) is 5.41 Å². The lowest BCUT2D eigenvalue weighted by Crippen LogP contribution is -2.25. The molecule has 7 aromatic carbocycles. The Kier molecular flexibility index (Phi) is 9.43. The number of benzene rings is 7. The fraction of sp³-hybridized carbons (Fsp3) is 0.0678. The van der Waals surface area contributed by atoms with Crippen LogP contribution in [0.15, 0.2) is 242 Å². The Hall–Kier alpha value is -7.75. The predicted molar refractivity (Wildman–Crippen MR) is 257 cm³/mol. The fourth-order valence-electron chi connectivity index (χ4n) is 9.73. The number of dihydropyridines is 1. The van der Waals surface area contributed by atoms with Crippen LogP contribution in [0.3, 0.4) is 0 Å². The first kappa shape index (κ1) is 37.3. The van der Waals surface area contributed by atoms with Crippen molar-refractivity contribution in [2.24, 2.45) is 17.3 Å². The van der Waals surface area contributed by atoms with Gasteiger partial charge in [-0.2, -0.15) is 0 Å². The normalized spacial score (nSPS) is 21.6. The topological polar surface area (TPSA) is 47.9 Å². The molecule has 62 heavy (non-hydrogen) atoms. The lowest BCUT2D eigenvalue weighted by Gasteiger charge is -2.27. The van der Waals surface area contributed by atoms with Crippen molar-refractivity contribution >= 4 is 33.8 Å². The maximum Gasteiger partial charge on any atom is 0.0708 e. The molecule has 0 amide bonds. The third kappa shape index (κ3) is 6.88. The monoisotopic (exact) mass is 795 g/mol. The summed E-state index contributed by atoms with van der Waals surface area (Å²) in [5.41, 5.74) is 17.2. The van der Waals surface area contributed by atoms with Crippen LogP contribution in [0, 0.1) is 22.7 Å². The summed E-state index contributed by atoms with van der Waals surface area (Å²) in [6.45, 7) is 0. The van der Waals surface area contributed by atoms with E-state index in [4.69, 9.17) is 0 Å². The first-order valence-corrected chi connectivity index (χ1v) is 21.5. The van der Waals surface area contributed by atoms with Gasteiger partial charge < -0.3 is 10.6 Å². The van der Waals surface area contributed by atoms with Crippen molar-refractivity contribution < 1.29 is 0 Å². The van der Waals surface area contributed by atoms with Crippen LogP contribution in [-0.4, -0.2) is 5.71 Å². The zero-order chi connectivity index (χ0) is 41.5. The van der Waals surface area contributed by atoms with E-state index in [0.717, 1.165) is 44.9 Å². The Labute approximate surface area is 364 Å². The van der Waals surface area contributed by atoms with Crippen LogP contribution in [-0.2, 0) is 0 Å². The van der Waals surface area contributed by atoms with Crippen LogP contribution in [0.25, 0.3) is 39.2 Å². The molecule has 4 unspecified atom stereocenters. The van der Waals surface area contributed by atoms with Gasteiger partial charge in [0.1, 0.15) is 0 Å². The van der Waals surface area contributed by atoms with E-state index in [-0.39, 0.29) is 23.3 Å². The predicted octanol–water partition coefficient (Wildman–Crippen LogP) is 13.4. The highest BCUT2D eigenvalue weighted by molar-refractivity contribution is 6.31. The molecule has 1 saturated carbocycles. The average Bonchev–Trinajstić information content (AvgIpc) is 4.04. The summed E-state index contributed by atoms with van der Waals surface area (Å²) in [6, 6.07) is 70.4. The molecular formula is C59H45N3. The molecule has 2 aliphatic heterocycles. The van der Waals surface area contributed by atoms with E-state index in [1.54, 1.807) is 0 Å². The molecule has 2 aliphatic carbocycles. The minimum absolute atomic E-state index is 0.00945. The van der Waals surface area contributed by atoms with Gasteiger partial charge in [0.25, 0.3) is 0 Å². The second-order valence-electron chi connectivity index (χ2n) is 16.6. The van der Waals surface area contributed by atoms with Crippen molar-refractivity contribution in [1.29, 1.82) is 5.41 Å². The molecular weight excluding hydrogens is 751 g/mol. The Balaban J connectivity index is 0.988. The summed E-state index contributed by atoms with van der Waals surface area (Å²) in [4.78, 5) is 0. The van der Waals surface area contributed by atoms with Gasteiger partial charge in [-0.1, -0.05) is 206 Å². The molecule has 0 radical (unpaired) electrons. The maximum atomic E-state index is 9.72. The molecule has 0 aromatic heterocycles. The lowest BCUT2D eigenvalue weighted by atomic mass is 9.86. The number of allylic oxidation sites excluding steroid dienone is 9. The van der Waals surface area contributed by atoms with Crippen LogP contribution in [0.5, 0.6) is 0 Å². The Bertz CT molecular complexity index is 3010. The zero-order valence-corrected chi connectivity index (χ0v) is 34.2. The van der Waals surface area contributed by atoms with Gasteiger partial charge in [0.2, 0.25) is 0 Å². The number of fused-ring (bicyclic) bond motifs is 1. The fourth-order valence-corrected chi connectivity index (χ4v) is 9.73. The summed E-state index contributed by atoms with van der Waals surface area (Å²) in [7, 11) is 0. The second-order valence-corrected chi connectivity index (χ2v) is 16.6. The molecule has 4 aliphatic rings. The highest BCUT2D eigenvalue weighted by Crippen LogP contribution is 2.70. The highest BCUT2D eigenvalue weighted by atomic mass is 15.0. The standard InChI is InChI=1S/C59H45N3/c60-57(44-26-14-5-15-27-44)55(43-24-12-4-13-25-43)58-56-51-36-48(32-33-59(51,56)39-54(62-58)42-22-10-3-11-23-42)46-29-16-30-47(34-46)50-37-52(41-20-8-2-9-21-41)61-53(38-50)49-31-17-28-45(35-49)40-18-6-1-7-19-40/h1-39,51-52,56,60-62H/b58-55-,60-57?. The third-order valence-corrected chi connectivity index (χ3v) is 12.9. The summed E-state index contributed by atoms with van der Waals surface area (Å²) in [6.07, 6.45) is 14.4. The summed E-state index contributed by atoms with van der Waals surface area (Å²) in [5.74, 6) is 0.378. The van der Waals surface area contributed by atoms with Crippen molar-refractivity contribution in [3.05, 3.63) is 281 Å². The van der Waals surface area contributed by atoms with Crippen molar-refractivity contribution in [2.45, 2.75) is 6.04 Å². The van der Waals surface area contributed by atoms with Gasteiger partial charge in [0.15, 0.2) is 0 Å². The minimum Gasteiger partial charge on any atom is -0.374 e. The number of hydrogen-bond acceptors (Lipinski definition) is 3. The number of rotatable bonds is 9. The van der Waals surface area contributed by atoms with Crippen molar-refractivity contribution in [1.82, 2.24) is 10.6 Å². The van der Waals surface area contributed by atoms with E-state index in [1.807, 2.05) is 36.4 Å². The largest absolute Gasteiger partial charge is 0.374 e. The van der Waals surface area contributed by atoms with Gasteiger partial charge in [-0.15, -0.1) is 0 Å². The molecule has 1 fully saturated rings. The second kappa shape index (κ2) is 15.7. The van der Waals surface area contributed by atoms with Crippen molar-refractivity contribution in [3.8, 4) is 11.1 Å². The van der Waals surface area contributed by atoms with Gasteiger partial charge >= 0.3 is 0 Å². The van der Waals surface area contributed by atoms with Gasteiger partial charge in [-0.05, 0) is 86.0 Å². The maximum absolute atomic E-state index is 9.72. The van der Waals surface area contributed by atoms with Gasteiger partial charge in [0.05, 0.1) is 11.8 Å². The van der Waals surface area contributed by atoms with E-state index in [0.29, 0.717) is 5.71 Å². The molecule has 7 aromatic rings. The van der Waals surface area contributed by atoms with E-state index >= 15 is 0 Å². The number of nitrogens with one attached hydrogen (secondary N) is 3. The molecule has 11 rings (SSSR count). The minimum atomic E-state index is -0.198. The quantitative estimate of drug-likeness (QED) is 0.127. The molecule has 3 heteroatoms. The average molecular weight is 796 g/mol. The SMILES string of the molecule is N=C(/C(=C1\NC(c2ccccc2)=CC23C=CC(c4cccc(C5=CC(c6ccccc6)NC(c6cccc(-c7ccccc7)c6)=C5)c4)=CC2C13)c1ccccc1)c1ccccc1. The lowest BCUT2D eigenvalue weighted by molar-refractivity contribution is 0.703. The molecule has 4 atom stereocenters. The Morgan fingerprint density at radius 2 is 1.03 bits per heavy atom. The van der Waals surface area contributed by atoms with Crippen LogP contribution in [0.1, 0.15) is 45.0 Å². The van der Waals surface area contributed by atoms with Crippen LogP contribution >= 0.6 is 0 Å². The first-order valence-electron chi connectivity index (χ1n) is 21.5. The third-order valence-electron chi connectivity index (χ3n) is 12.9. The van der Waals surface area contributed by atoms with Crippen LogP contribution in [0.4, 0.5) is 0 Å². The van der Waals surface area contributed by atoms with E-state index in [2.05, 4.69) is 211 Å². The van der Waals surface area contributed by atoms with Gasteiger partial charge in [-0.3, -0.25) is 5.41 Å². The summed E-state index contributed by atoms with van der Waals surface area (Å²) < 4.78 is 0. The smallest absolute Gasteiger partial charge is 0.0708 e. The molecule has 0 saturated heterocycles. The molecule has 1 spiro atoms. The molecule has 3 N–H and O–H groups in total. The molecule has 3 nitrogen and oxygen atoms in total. The molecule has 0 bridgehead atoms. The van der Waals surface area contributed by atoms with Crippen LogP contribution < -0.4 is 10.6 Å². The summed E-state index contributed by atoms with van der Waals surface area (Å²) in [5, 5.41) is 17.5. The number of hydrogen-bond donors (Lipinski definition) is 3. The Morgan fingerprint density at radius 3 is 1.73 bits per heavy atom.